The average Bonchev–Trinajstić information content (AvgIpc) is 2.46. The second-order valence-corrected chi connectivity index (χ2v) is 5.51. The zero-order valence-electron chi connectivity index (χ0n) is 11.8. The number of halogens is 3. The van der Waals surface area contributed by atoms with E-state index in [1.165, 1.54) is 6.08 Å². The van der Waals surface area contributed by atoms with Crippen molar-refractivity contribution in [3.05, 3.63) is 43.6 Å². The molecule has 0 saturated heterocycles. The van der Waals surface area contributed by atoms with Crippen molar-refractivity contribution in [3.63, 3.8) is 0 Å². The van der Waals surface area contributed by atoms with Gasteiger partial charge in [0.15, 0.2) is 0 Å². The van der Waals surface area contributed by atoms with Crippen LogP contribution in [0.1, 0.15) is 31.7 Å². The summed E-state index contributed by atoms with van der Waals surface area (Å²) in [4.78, 5) is 21.0. The molecule has 0 radical (unpaired) electrons. The predicted octanol–water partition coefficient (Wildman–Crippen LogP) is 4.95. The highest BCUT2D eigenvalue weighted by Crippen LogP contribution is 2.36. The van der Waals surface area contributed by atoms with E-state index >= 15 is 0 Å². The van der Waals surface area contributed by atoms with Gasteiger partial charge in [0, 0.05) is 24.5 Å². The number of nitrogens with zero attached hydrogens (tertiary/aromatic N) is 1. The van der Waals surface area contributed by atoms with Crippen LogP contribution in [0, 0.1) is 10.1 Å². The number of nitro groups is 1. The van der Waals surface area contributed by atoms with Crippen molar-refractivity contribution in [1.29, 1.82) is 0 Å². The molecule has 0 N–H and O–H groups in total. The van der Waals surface area contributed by atoms with Crippen molar-refractivity contribution in [3.8, 4) is 5.75 Å². The fourth-order valence-corrected chi connectivity index (χ4v) is 2.20. The lowest BCUT2D eigenvalue weighted by molar-refractivity contribution is -0.425. The molecule has 0 aliphatic heterocycles. The van der Waals surface area contributed by atoms with E-state index < -0.39 is 10.2 Å². The number of hydrogen-bond donors (Lipinski definition) is 0. The number of benzene rings is 1. The maximum absolute atomic E-state index is 10.8. The normalized spacial score (nSPS) is 11.4. The van der Waals surface area contributed by atoms with Crippen LogP contribution in [0.3, 0.4) is 0 Å². The SMILES string of the molecule is CCC(=Cc1ccc(OCCCC(=O)Cl)c(Cl)c1Cl)[N+](=O)[O-]. The third-order valence-electron chi connectivity index (χ3n) is 2.77. The van der Waals surface area contributed by atoms with Crippen molar-refractivity contribution in [2.75, 3.05) is 6.61 Å². The molecular formula is C14H14Cl3NO4. The minimum Gasteiger partial charge on any atom is -0.492 e. The van der Waals surface area contributed by atoms with Gasteiger partial charge in [-0.15, -0.1) is 0 Å². The summed E-state index contributed by atoms with van der Waals surface area (Å²) in [5.41, 5.74) is 0.482. The van der Waals surface area contributed by atoms with Crippen LogP contribution in [0.25, 0.3) is 6.08 Å². The number of carbonyl (C=O) groups excluding carboxylic acids is 1. The molecule has 0 fully saturated rings. The van der Waals surface area contributed by atoms with E-state index in [0.717, 1.165) is 0 Å². The topological polar surface area (TPSA) is 69.4 Å². The first-order valence-corrected chi connectivity index (χ1v) is 7.64. The zero-order chi connectivity index (χ0) is 16.7. The van der Waals surface area contributed by atoms with Crippen LogP contribution in [0.4, 0.5) is 0 Å². The largest absolute Gasteiger partial charge is 0.492 e. The zero-order valence-corrected chi connectivity index (χ0v) is 14.0. The minimum absolute atomic E-state index is 0.0345. The van der Waals surface area contributed by atoms with E-state index in [-0.39, 0.29) is 35.2 Å². The van der Waals surface area contributed by atoms with Crippen LogP contribution in [-0.2, 0) is 4.79 Å². The molecule has 0 bridgehead atoms. The molecule has 0 aliphatic carbocycles. The lowest BCUT2D eigenvalue weighted by atomic mass is 10.1. The summed E-state index contributed by atoms with van der Waals surface area (Å²) in [5.74, 6) is 0.352. The smallest absolute Gasteiger partial charge is 0.246 e. The van der Waals surface area contributed by atoms with Gasteiger partial charge >= 0.3 is 0 Å². The van der Waals surface area contributed by atoms with Crippen LogP contribution in [0.5, 0.6) is 5.75 Å². The maximum atomic E-state index is 10.8. The van der Waals surface area contributed by atoms with E-state index in [1.807, 2.05) is 0 Å². The Bertz CT molecular complexity index is 602. The third kappa shape index (κ3) is 5.48. The van der Waals surface area contributed by atoms with E-state index in [0.29, 0.717) is 17.7 Å². The Morgan fingerprint density at radius 1 is 1.36 bits per heavy atom. The van der Waals surface area contributed by atoms with Gasteiger partial charge in [-0.05, 0) is 30.2 Å². The molecule has 5 nitrogen and oxygen atoms in total. The summed E-state index contributed by atoms with van der Waals surface area (Å²) in [6.45, 7) is 1.94. The number of ether oxygens (including phenoxy) is 1. The van der Waals surface area contributed by atoms with Crippen molar-refractivity contribution in [1.82, 2.24) is 0 Å². The van der Waals surface area contributed by atoms with Crippen LogP contribution in [0.2, 0.25) is 10.0 Å². The van der Waals surface area contributed by atoms with Crippen LogP contribution >= 0.6 is 34.8 Å². The Labute approximate surface area is 142 Å². The lowest BCUT2D eigenvalue weighted by Crippen LogP contribution is -2.01. The predicted molar refractivity (Wildman–Crippen MR) is 87.3 cm³/mol. The molecule has 8 heteroatoms. The summed E-state index contributed by atoms with van der Waals surface area (Å²) in [6, 6.07) is 3.17. The lowest BCUT2D eigenvalue weighted by Gasteiger charge is -2.10. The molecule has 120 valence electrons. The molecule has 0 amide bonds. The third-order valence-corrected chi connectivity index (χ3v) is 3.84. The summed E-state index contributed by atoms with van der Waals surface area (Å²) < 4.78 is 5.42. The highest BCUT2D eigenvalue weighted by atomic mass is 35.5. The Hall–Kier alpha value is -1.30. The van der Waals surface area contributed by atoms with Gasteiger partial charge in [-0.25, -0.2) is 0 Å². The van der Waals surface area contributed by atoms with Gasteiger partial charge in [-0.1, -0.05) is 30.1 Å². The van der Waals surface area contributed by atoms with E-state index in [4.69, 9.17) is 39.5 Å². The highest BCUT2D eigenvalue weighted by Gasteiger charge is 2.14. The second kappa shape index (κ2) is 8.98. The molecule has 22 heavy (non-hydrogen) atoms. The first kappa shape index (κ1) is 18.7. The van der Waals surface area contributed by atoms with Gasteiger partial charge in [0.1, 0.15) is 10.8 Å². The van der Waals surface area contributed by atoms with Gasteiger partial charge < -0.3 is 4.74 Å². The molecule has 0 spiro atoms. The molecule has 0 heterocycles. The van der Waals surface area contributed by atoms with Gasteiger partial charge in [-0.2, -0.15) is 0 Å². The molecule has 0 aliphatic rings. The monoisotopic (exact) mass is 365 g/mol. The Kier molecular flexibility index (Phi) is 7.65. The molecule has 0 aromatic heterocycles. The van der Waals surface area contributed by atoms with Crippen LogP contribution in [-0.4, -0.2) is 16.8 Å². The molecule has 0 atom stereocenters. The summed E-state index contributed by atoms with van der Waals surface area (Å²) in [7, 11) is 0. The quantitative estimate of drug-likeness (QED) is 0.283. The molecule has 1 aromatic rings. The standard InChI is InChI=1S/C14H14Cl3NO4/c1-2-10(18(20)21)8-9-5-6-11(14(17)13(9)16)22-7-3-4-12(15)19/h5-6,8H,2-4,7H2,1H3. The molecule has 1 aromatic carbocycles. The Morgan fingerprint density at radius 2 is 2.05 bits per heavy atom. The Morgan fingerprint density at radius 3 is 2.59 bits per heavy atom. The van der Waals surface area contributed by atoms with Gasteiger partial charge in [0.25, 0.3) is 0 Å². The van der Waals surface area contributed by atoms with Crippen molar-refractivity contribution in [2.24, 2.45) is 0 Å². The summed E-state index contributed by atoms with van der Waals surface area (Å²) >= 11 is 17.4. The van der Waals surface area contributed by atoms with Gasteiger partial charge in [-0.3, -0.25) is 14.9 Å². The first-order valence-electron chi connectivity index (χ1n) is 6.50. The van der Waals surface area contributed by atoms with Crippen molar-refractivity contribution < 1.29 is 14.5 Å². The minimum atomic E-state index is -0.461. The highest BCUT2D eigenvalue weighted by molar-refractivity contribution is 6.63. The van der Waals surface area contributed by atoms with Crippen LogP contribution < -0.4 is 4.74 Å². The maximum Gasteiger partial charge on any atom is 0.246 e. The number of rotatable bonds is 8. The van der Waals surface area contributed by atoms with E-state index in [1.54, 1.807) is 19.1 Å². The fraction of sp³-hybridized carbons (Fsp3) is 0.357. The summed E-state index contributed by atoms with van der Waals surface area (Å²) in [5, 5.41) is 10.7. The summed E-state index contributed by atoms with van der Waals surface area (Å²) in [6.07, 6.45) is 2.31. The van der Waals surface area contributed by atoms with E-state index in [2.05, 4.69) is 0 Å². The van der Waals surface area contributed by atoms with Gasteiger partial charge in [0.05, 0.1) is 16.6 Å². The molecule has 0 saturated carbocycles. The first-order chi connectivity index (χ1) is 10.4. The Balaban J connectivity index is 2.88. The van der Waals surface area contributed by atoms with Gasteiger partial charge in [0.2, 0.25) is 10.9 Å². The second-order valence-electron chi connectivity index (χ2n) is 4.33. The molecule has 1 rings (SSSR count). The number of hydrogen-bond acceptors (Lipinski definition) is 4. The van der Waals surface area contributed by atoms with E-state index in [9.17, 15) is 14.9 Å². The van der Waals surface area contributed by atoms with Crippen LogP contribution in [0.15, 0.2) is 17.8 Å². The molecule has 0 unspecified atom stereocenters. The fourth-order valence-electron chi connectivity index (χ4n) is 1.63. The number of allylic oxidation sites excluding steroid dienone is 1. The molecular weight excluding hydrogens is 353 g/mol. The average molecular weight is 367 g/mol. The van der Waals surface area contributed by atoms with Crippen molar-refractivity contribution >= 4 is 46.1 Å². The number of carbonyl (C=O) groups is 1. The van der Waals surface area contributed by atoms with Crippen molar-refractivity contribution in [2.45, 2.75) is 26.2 Å².